The van der Waals surface area contributed by atoms with Crippen LogP contribution in [-0.4, -0.2) is 16.6 Å². The van der Waals surface area contributed by atoms with Gasteiger partial charge in [-0.1, -0.05) is 12.8 Å². The van der Waals surface area contributed by atoms with Crippen LogP contribution in [0, 0.1) is 5.92 Å². The Bertz CT molecular complexity index is 355. The van der Waals surface area contributed by atoms with Crippen LogP contribution < -0.4 is 16.0 Å². The van der Waals surface area contributed by atoms with Gasteiger partial charge in [-0.3, -0.25) is 5.43 Å². The van der Waals surface area contributed by atoms with Crippen LogP contribution in [0.3, 0.4) is 0 Å². The Hall–Kier alpha value is -0.880. The number of rotatable bonds is 4. The van der Waals surface area contributed by atoms with Gasteiger partial charge in [0.2, 0.25) is 11.8 Å². The molecule has 1 heterocycles. The molecule has 0 bridgehead atoms. The smallest absolute Gasteiger partial charge is 0.240 e. The minimum absolute atomic E-state index is 0.365. The molecule has 1 aliphatic rings. The summed E-state index contributed by atoms with van der Waals surface area (Å²) in [5, 5.41) is 0. The lowest BCUT2D eigenvalue weighted by Gasteiger charge is -2.11. The number of anilines is 1. The zero-order valence-corrected chi connectivity index (χ0v) is 10.5. The van der Waals surface area contributed by atoms with Crippen LogP contribution in [0.4, 0.5) is 5.95 Å². The lowest BCUT2D eigenvalue weighted by molar-refractivity contribution is 0.242. The first-order valence-electron chi connectivity index (χ1n) is 5.41. The summed E-state index contributed by atoms with van der Waals surface area (Å²) < 4.78 is 6.42. The molecule has 88 valence electrons. The highest BCUT2D eigenvalue weighted by molar-refractivity contribution is 9.10. The monoisotopic (exact) mass is 286 g/mol. The first-order valence-corrected chi connectivity index (χ1v) is 6.21. The highest BCUT2D eigenvalue weighted by Gasteiger charge is 2.16. The van der Waals surface area contributed by atoms with Gasteiger partial charge in [-0.25, -0.2) is 10.8 Å². The van der Waals surface area contributed by atoms with E-state index >= 15 is 0 Å². The SMILES string of the molecule is NNc1ncc(Br)c(OCC2CCCC2)n1. The Labute approximate surface area is 103 Å². The van der Waals surface area contributed by atoms with Crippen LogP contribution >= 0.6 is 15.9 Å². The van der Waals surface area contributed by atoms with Crippen molar-refractivity contribution in [1.82, 2.24) is 9.97 Å². The van der Waals surface area contributed by atoms with Gasteiger partial charge in [-0.2, -0.15) is 4.98 Å². The molecule has 1 saturated carbocycles. The fourth-order valence-electron chi connectivity index (χ4n) is 1.90. The number of nitrogens with zero attached hydrogens (tertiary/aromatic N) is 2. The molecular weight excluding hydrogens is 272 g/mol. The topological polar surface area (TPSA) is 73.1 Å². The van der Waals surface area contributed by atoms with Gasteiger partial charge >= 0.3 is 0 Å². The van der Waals surface area contributed by atoms with Crippen molar-refractivity contribution in [3.63, 3.8) is 0 Å². The Morgan fingerprint density at radius 3 is 2.94 bits per heavy atom. The molecule has 1 fully saturated rings. The molecule has 1 aliphatic carbocycles. The Kier molecular flexibility index (Phi) is 3.95. The molecule has 0 aromatic carbocycles. The van der Waals surface area contributed by atoms with Crippen molar-refractivity contribution in [2.45, 2.75) is 25.7 Å². The first-order chi connectivity index (χ1) is 7.79. The highest BCUT2D eigenvalue weighted by atomic mass is 79.9. The average Bonchev–Trinajstić information content (AvgIpc) is 2.81. The van der Waals surface area contributed by atoms with Crippen molar-refractivity contribution < 1.29 is 4.74 Å². The van der Waals surface area contributed by atoms with Gasteiger partial charge in [0, 0.05) is 0 Å². The molecule has 0 unspecified atom stereocenters. The molecule has 5 nitrogen and oxygen atoms in total. The van der Waals surface area contributed by atoms with Gasteiger partial charge in [-0.05, 0) is 34.7 Å². The van der Waals surface area contributed by atoms with E-state index in [1.807, 2.05) is 0 Å². The molecule has 0 amide bonds. The maximum Gasteiger partial charge on any atom is 0.240 e. The van der Waals surface area contributed by atoms with Gasteiger partial charge in [0.05, 0.1) is 17.3 Å². The maximum absolute atomic E-state index is 5.67. The molecule has 0 saturated heterocycles. The van der Waals surface area contributed by atoms with Crippen molar-refractivity contribution in [3.05, 3.63) is 10.7 Å². The summed E-state index contributed by atoms with van der Waals surface area (Å²) in [7, 11) is 0. The van der Waals surface area contributed by atoms with Crippen molar-refractivity contribution >= 4 is 21.9 Å². The van der Waals surface area contributed by atoms with Gasteiger partial charge in [-0.15, -0.1) is 0 Å². The predicted octanol–water partition coefficient (Wildman–Crippen LogP) is 2.09. The maximum atomic E-state index is 5.67. The number of aromatic nitrogens is 2. The number of hydrogen-bond acceptors (Lipinski definition) is 5. The molecule has 0 aliphatic heterocycles. The molecular formula is C10H15BrN4O. The molecule has 6 heteroatoms. The van der Waals surface area contributed by atoms with Crippen molar-refractivity contribution in [1.29, 1.82) is 0 Å². The summed E-state index contributed by atoms with van der Waals surface area (Å²) in [6, 6.07) is 0. The van der Waals surface area contributed by atoms with E-state index in [-0.39, 0.29) is 0 Å². The lowest BCUT2D eigenvalue weighted by Crippen LogP contribution is -2.13. The number of hydrazine groups is 1. The first kappa shape index (κ1) is 11.6. The van der Waals surface area contributed by atoms with Crippen LogP contribution in [0.5, 0.6) is 5.88 Å². The molecule has 0 spiro atoms. The van der Waals surface area contributed by atoms with Crippen LogP contribution in [-0.2, 0) is 0 Å². The third-order valence-corrected chi connectivity index (χ3v) is 3.32. The second-order valence-corrected chi connectivity index (χ2v) is 4.81. The summed E-state index contributed by atoms with van der Waals surface area (Å²) in [4.78, 5) is 8.10. The summed E-state index contributed by atoms with van der Waals surface area (Å²) in [5.41, 5.74) is 2.40. The minimum atomic E-state index is 0.365. The fraction of sp³-hybridized carbons (Fsp3) is 0.600. The zero-order chi connectivity index (χ0) is 11.4. The Morgan fingerprint density at radius 2 is 2.25 bits per heavy atom. The van der Waals surface area contributed by atoms with Crippen molar-refractivity contribution in [2.24, 2.45) is 11.8 Å². The molecule has 0 atom stereocenters. The van der Waals surface area contributed by atoms with E-state index in [1.54, 1.807) is 6.20 Å². The van der Waals surface area contributed by atoms with Crippen LogP contribution in [0.2, 0.25) is 0 Å². The standard InChI is InChI=1S/C10H15BrN4O/c11-8-5-13-10(15-12)14-9(8)16-6-7-3-1-2-4-7/h5,7H,1-4,6,12H2,(H,13,14,15). The quantitative estimate of drug-likeness (QED) is 0.655. The third kappa shape index (κ3) is 2.82. The predicted molar refractivity (Wildman–Crippen MR) is 65.0 cm³/mol. The minimum Gasteiger partial charge on any atom is -0.476 e. The van der Waals surface area contributed by atoms with Crippen molar-refractivity contribution in [2.75, 3.05) is 12.0 Å². The summed E-state index contributed by atoms with van der Waals surface area (Å²) in [5.74, 6) is 6.82. The zero-order valence-electron chi connectivity index (χ0n) is 8.95. The number of ether oxygens (including phenoxy) is 1. The van der Waals surface area contributed by atoms with E-state index in [0.717, 1.165) is 11.1 Å². The highest BCUT2D eigenvalue weighted by Crippen LogP contribution is 2.27. The molecule has 1 aromatic heterocycles. The number of nitrogen functional groups attached to an aromatic ring is 1. The second kappa shape index (κ2) is 5.45. The summed E-state index contributed by atoms with van der Waals surface area (Å²) in [6.45, 7) is 0.722. The fourth-order valence-corrected chi connectivity index (χ4v) is 2.20. The van der Waals surface area contributed by atoms with Gasteiger partial charge in [0.1, 0.15) is 0 Å². The van der Waals surface area contributed by atoms with Gasteiger partial charge < -0.3 is 4.74 Å². The Morgan fingerprint density at radius 1 is 1.50 bits per heavy atom. The van der Waals surface area contributed by atoms with E-state index in [2.05, 4.69) is 31.3 Å². The molecule has 1 aromatic rings. The number of hydrogen-bond donors (Lipinski definition) is 2. The third-order valence-electron chi connectivity index (χ3n) is 2.77. The van der Waals surface area contributed by atoms with E-state index in [9.17, 15) is 0 Å². The lowest BCUT2D eigenvalue weighted by atomic mass is 10.1. The second-order valence-electron chi connectivity index (χ2n) is 3.95. The van der Waals surface area contributed by atoms with E-state index in [1.165, 1.54) is 25.7 Å². The number of halogens is 1. The average molecular weight is 287 g/mol. The van der Waals surface area contributed by atoms with Gasteiger partial charge in [0.15, 0.2) is 0 Å². The number of nitrogens with one attached hydrogen (secondary N) is 1. The summed E-state index contributed by atoms with van der Waals surface area (Å²) >= 11 is 3.35. The molecule has 2 rings (SSSR count). The Balaban J connectivity index is 1.96. The molecule has 16 heavy (non-hydrogen) atoms. The molecule has 3 N–H and O–H groups in total. The largest absolute Gasteiger partial charge is 0.476 e. The summed E-state index contributed by atoms with van der Waals surface area (Å²) in [6.07, 6.45) is 6.77. The van der Waals surface area contributed by atoms with E-state index in [0.29, 0.717) is 17.7 Å². The normalized spacial score (nSPS) is 16.4. The van der Waals surface area contributed by atoms with Crippen LogP contribution in [0.1, 0.15) is 25.7 Å². The van der Waals surface area contributed by atoms with Crippen LogP contribution in [0.15, 0.2) is 10.7 Å². The number of nitrogens with two attached hydrogens (primary N) is 1. The van der Waals surface area contributed by atoms with E-state index < -0.39 is 0 Å². The van der Waals surface area contributed by atoms with E-state index in [4.69, 9.17) is 10.6 Å². The van der Waals surface area contributed by atoms with Crippen LogP contribution in [0.25, 0.3) is 0 Å². The molecule has 0 radical (unpaired) electrons. The van der Waals surface area contributed by atoms with Crippen molar-refractivity contribution in [3.8, 4) is 5.88 Å². The van der Waals surface area contributed by atoms with Gasteiger partial charge in [0.25, 0.3) is 0 Å².